The van der Waals surface area contributed by atoms with Gasteiger partial charge in [-0.2, -0.15) is 0 Å². The van der Waals surface area contributed by atoms with Crippen LogP contribution in [0, 0.1) is 5.92 Å². The third-order valence-corrected chi connectivity index (χ3v) is 6.19. The van der Waals surface area contributed by atoms with Crippen LogP contribution in [0.15, 0.2) is 35.1 Å². The molecule has 3 aliphatic rings. The lowest BCUT2D eigenvalue weighted by Gasteiger charge is -2.46. The summed E-state index contributed by atoms with van der Waals surface area (Å²) < 4.78 is 18.3. The van der Waals surface area contributed by atoms with Crippen LogP contribution in [0.2, 0.25) is 0 Å². The molecule has 0 radical (unpaired) electrons. The molecule has 0 saturated carbocycles. The highest BCUT2D eigenvalue weighted by Crippen LogP contribution is 2.44. The average Bonchev–Trinajstić information content (AvgIpc) is 3.17. The molecule has 2 aromatic rings. The number of aliphatic hydroxyl groups excluding tert-OH is 1. The summed E-state index contributed by atoms with van der Waals surface area (Å²) in [5.74, 6) is 2.62. The van der Waals surface area contributed by atoms with Crippen LogP contribution in [0.1, 0.15) is 29.6 Å². The van der Waals surface area contributed by atoms with Crippen LogP contribution in [0.25, 0.3) is 0 Å². The highest BCUT2D eigenvalue weighted by molar-refractivity contribution is 5.55. The second kappa shape index (κ2) is 6.83. The maximum Gasteiger partial charge on any atom is 0.251 e. The molecule has 1 aromatic heterocycles. The Labute approximate surface area is 163 Å². The molecule has 0 unspecified atom stereocenters. The van der Waals surface area contributed by atoms with Gasteiger partial charge in [-0.1, -0.05) is 6.07 Å². The van der Waals surface area contributed by atoms with E-state index in [4.69, 9.17) is 14.2 Å². The Morgan fingerprint density at radius 2 is 2.14 bits per heavy atom. The molecular weight excluding hydrogens is 360 g/mol. The second-order valence-electron chi connectivity index (χ2n) is 7.83. The topological polar surface area (TPSA) is 73.2 Å². The quantitative estimate of drug-likeness (QED) is 0.866. The van der Waals surface area contributed by atoms with Gasteiger partial charge < -0.3 is 23.9 Å². The van der Waals surface area contributed by atoms with Crippen molar-refractivity contribution in [2.24, 2.45) is 5.92 Å². The Bertz CT molecular complexity index is 956. The number of aliphatic hydroxyl groups is 1. The van der Waals surface area contributed by atoms with Gasteiger partial charge in [0.2, 0.25) is 12.5 Å². The Kier molecular flexibility index (Phi) is 4.29. The van der Waals surface area contributed by atoms with Crippen LogP contribution in [0.5, 0.6) is 17.2 Å². The van der Waals surface area contributed by atoms with Crippen molar-refractivity contribution in [2.45, 2.75) is 24.9 Å². The van der Waals surface area contributed by atoms with Gasteiger partial charge in [-0.15, -0.1) is 0 Å². The van der Waals surface area contributed by atoms with E-state index >= 15 is 0 Å². The number of ether oxygens (including phenoxy) is 3. The summed E-state index contributed by atoms with van der Waals surface area (Å²) in [6.07, 6.45) is 1.01. The number of benzene rings is 1. The smallest absolute Gasteiger partial charge is 0.251 e. The molecule has 0 spiro atoms. The molecule has 1 saturated heterocycles. The molecule has 148 valence electrons. The fourth-order valence-corrected chi connectivity index (χ4v) is 5.03. The summed E-state index contributed by atoms with van der Waals surface area (Å²) in [5, 5.41) is 10.00. The first kappa shape index (κ1) is 17.6. The van der Waals surface area contributed by atoms with Crippen LogP contribution in [0.3, 0.4) is 0 Å². The maximum atomic E-state index is 12.4. The molecule has 28 heavy (non-hydrogen) atoms. The molecule has 1 N–H and O–H groups in total. The van der Waals surface area contributed by atoms with E-state index in [-0.39, 0.29) is 30.9 Å². The fourth-order valence-electron chi connectivity index (χ4n) is 5.03. The number of pyridine rings is 1. The summed E-state index contributed by atoms with van der Waals surface area (Å²) in [6.45, 7) is 2.69. The molecule has 3 atom stereocenters. The maximum absolute atomic E-state index is 12.4. The van der Waals surface area contributed by atoms with Gasteiger partial charge in [0.15, 0.2) is 11.5 Å². The number of likely N-dealkylation sites (tertiary alicyclic amines) is 1. The molecule has 7 nitrogen and oxygen atoms in total. The minimum Gasteiger partial charge on any atom is -0.493 e. The molecule has 1 aromatic carbocycles. The third-order valence-electron chi connectivity index (χ3n) is 6.19. The molecule has 0 aliphatic carbocycles. The van der Waals surface area contributed by atoms with Gasteiger partial charge in [0.05, 0.1) is 19.8 Å². The van der Waals surface area contributed by atoms with E-state index in [0.717, 1.165) is 43.1 Å². The first-order valence-electron chi connectivity index (χ1n) is 9.69. The monoisotopic (exact) mass is 384 g/mol. The minimum atomic E-state index is -0.158. The summed E-state index contributed by atoms with van der Waals surface area (Å²) in [5.41, 5.74) is 2.13. The standard InChI is InChI=1S/C21H24N2O5/c1-26-18-5-13(6-19-21(18)28-12-27-19)8-22-9-14-7-15(10-22)17(11-24)23-16(14)3-2-4-20(23)25/h2-6,14-15,17,24H,7-12H2,1H3/t14-,15+,17+/m1/s1. The lowest BCUT2D eigenvalue weighted by Crippen LogP contribution is -2.50. The lowest BCUT2D eigenvalue weighted by atomic mass is 9.78. The Morgan fingerprint density at radius 1 is 1.25 bits per heavy atom. The normalized spacial score (nSPS) is 25.4. The molecule has 7 heteroatoms. The SMILES string of the molecule is COc1cc(CN2C[C@H]3C[C@@H](C2)[C@H](CO)n2c3cccc2=O)cc2c1OCO2. The van der Waals surface area contributed by atoms with Gasteiger partial charge in [0, 0.05) is 37.3 Å². The van der Waals surface area contributed by atoms with Crippen LogP contribution < -0.4 is 19.8 Å². The number of aromatic nitrogens is 1. The van der Waals surface area contributed by atoms with E-state index in [9.17, 15) is 9.90 Å². The van der Waals surface area contributed by atoms with Crippen molar-refractivity contribution in [3.8, 4) is 17.2 Å². The first-order chi connectivity index (χ1) is 13.7. The van der Waals surface area contributed by atoms with Gasteiger partial charge in [-0.05, 0) is 36.1 Å². The number of piperidine rings is 1. The van der Waals surface area contributed by atoms with Gasteiger partial charge >= 0.3 is 0 Å². The molecule has 2 bridgehead atoms. The summed E-state index contributed by atoms with van der Waals surface area (Å²) in [7, 11) is 1.63. The molecule has 3 aliphatic heterocycles. The number of methoxy groups -OCH3 is 1. The van der Waals surface area contributed by atoms with Crippen molar-refractivity contribution in [2.75, 3.05) is 33.6 Å². The van der Waals surface area contributed by atoms with Gasteiger partial charge in [0.25, 0.3) is 5.56 Å². The van der Waals surface area contributed by atoms with E-state index < -0.39 is 0 Å². The van der Waals surface area contributed by atoms with E-state index in [0.29, 0.717) is 17.4 Å². The number of fused-ring (bicyclic) bond motifs is 5. The fraction of sp³-hybridized carbons (Fsp3) is 0.476. The van der Waals surface area contributed by atoms with E-state index in [1.165, 1.54) is 0 Å². The molecule has 4 heterocycles. The van der Waals surface area contributed by atoms with Gasteiger partial charge in [-0.3, -0.25) is 9.69 Å². The van der Waals surface area contributed by atoms with Crippen molar-refractivity contribution in [1.82, 2.24) is 9.47 Å². The summed E-state index contributed by atoms with van der Waals surface area (Å²) in [6, 6.07) is 9.29. The molecular formula is C21H24N2O5. The van der Waals surface area contributed by atoms with Crippen LogP contribution in [-0.2, 0) is 6.54 Å². The zero-order chi connectivity index (χ0) is 19.3. The molecule has 1 fully saturated rings. The third kappa shape index (κ3) is 2.77. The Hall–Kier alpha value is -2.51. The summed E-state index contributed by atoms with van der Waals surface area (Å²) in [4.78, 5) is 14.8. The van der Waals surface area contributed by atoms with Crippen molar-refractivity contribution >= 4 is 0 Å². The van der Waals surface area contributed by atoms with Crippen LogP contribution in [0.4, 0.5) is 0 Å². The largest absolute Gasteiger partial charge is 0.493 e. The van der Waals surface area contributed by atoms with Gasteiger partial charge in [0.1, 0.15) is 0 Å². The van der Waals surface area contributed by atoms with E-state index in [1.807, 2.05) is 28.8 Å². The number of hydrogen-bond donors (Lipinski definition) is 1. The molecule has 0 amide bonds. The predicted octanol–water partition coefficient (Wildman–Crippen LogP) is 1.74. The zero-order valence-corrected chi connectivity index (χ0v) is 15.8. The number of nitrogens with zero attached hydrogens (tertiary/aromatic N) is 2. The minimum absolute atomic E-state index is 0.0137. The van der Waals surface area contributed by atoms with E-state index in [2.05, 4.69) is 4.90 Å². The molecule has 5 rings (SSSR count). The van der Waals surface area contributed by atoms with Crippen molar-refractivity contribution in [1.29, 1.82) is 0 Å². The zero-order valence-electron chi connectivity index (χ0n) is 15.8. The lowest BCUT2D eigenvalue weighted by molar-refractivity contribution is 0.0580. The van der Waals surface area contributed by atoms with Crippen LogP contribution in [-0.4, -0.2) is 48.2 Å². The highest BCUT2D eigenvalue weighted by Gasteiger charge is 2.40. The van der Waals surface area contributed by atoms with Crippen molar-refractivity contribution < 1.29 is 19.3 Å². The second-order valence-corrected chi connectivity index (χ2v) is 7.83. The van der Waals surface area contributed by atoms with Gasteiger partial charge in [-0.25, -0.2) is 0 Å². The summed E-state index contributed by atoms with van der Waals surface area (Å²) >= 11 is 0. The average molecular weight is 384 g/mol. The highest BCUT2D eigenvalue weighted by atomic mass is 16.7. The van der Waals surface area contributed by atoms with Crippen LogP contribution >= 0.6 is 0 Å². The predicted molar refractivity (Wildman–Crippen MR) is 102 cm³/mol. The first-order valence-corrected chi connectivity index (χ1v) is 9.69. The van der Waals surface area contributed by atoms with Crippen molar-refractivity contribution in [3.05, 3.63) is 51.9 Å². The van der Waals surface area contributed by atoms with E-state index in [1.54, 1.807) is 13.2 Å². The van der Waals surface area contributed by atoms with Crippen molar-refractivity contribution in [3.63, 3.8) is 0 Å². The Balaban J connectivity index is 1.43. The number of rotatable bonds is 4. The number of hydrogen-bond acceptors (Lipinski definition) is 6. The Morgan fingerprint density at radius 3 is 2.96 bits per heavy atom.